The second kappa shape index (κ2) is 8.69. The molecule has 0 aliphatic heterocycles. The van der Waals surface area contributed by atoms with Crippen molar-refractivity contribution in [1.29, 1.82) is 0 Å². The van der Waals surface area contributed by atoms with Crippen LogP contribution in [0.4, 0.5) is 5.69 Å². The van der Waals surface area contributed by atoms with Gasteiger partial charge in [-0.3, -0.25) is 9.59 Å². The van der Waals surface area contributed by atoms with Crippen molar-refractivity contribution in [1.82, 2.24) is 14.9 Å². The Hall–Kier alpha value is -3.15. The topological polar surface area (TPSA) is 67.2 Å². The number of hydrogen-bond acceptors (Lipinski definition) is 3. The zero-order valence-corrected chi connectivity index (χ0v) is 18.3. The average molecular weight is 407 g/mol. The van der Waals surface area contributed by atoms with Crippen LogP contribution in [0.3, 0.4) is 0 Å². The molecule has 158 valence electrons. The number of fused-ring (bicyclic) bond motifs is 1. The quantitative estimate of drug-likeness (QED) is 0.669. The van der Waals surface area contributed by atoms with Gasteiger partial charge in [-0.15, -0.1) is 0 Å². The van der Waals surface area contributed by atoms with E-state index in [4.69, 9.17) is 0 Å². The summed E-state index contributed by atoms with van der Waals surface area (Å²) in [6.07, 6.45) is 0. The van der Waals surface area contributed by atoms with Gasteiger partial charge in [-0.2, -0.15) is 0 Å². The maximum absolute atomic E-state index is 13.3. The van der Waals surface area contributed by atoms with Crippen LogP contribution in [0.1, 0.15) is 40.4 Å². The van der Waals surface area contributed by atoms with Crippen LogP contribution >= 0.6 is 0 Å². The predicted molar refractivity (Wildman–Crippen MR) is 120 cm³/mol. The Morgan fingerprint density at radius 2 is 1.67 bits per heavy atom. The molecule has 0 unspecified atom stereocenters. The molecule has 1 aromatic heterocycles. The van der Waals surface area contributed by atoms with E-state index in [9.17, 15) is 9.59 Å². The summed E-state index contributed by atoms with van der Waals surface area (Å²) in [5, 5.41) is 2.95. The molecule has 0 saturated carbocycles. The molecule has 0 bridgehead atoms. The number of carbonyl (C=O) groups excluding carboxylic acids is 2. The van der Waals surface area contributed by atoms with Gasteiger partial charge < -0.3 is 14.8 Å². The Bertz CT molecular complexity index is 1030. The minimum atomic E-state index is -0.492. The van der Waals surface area contributed by atoms with Gasteiger partial charge in [0.2, 0.25) is 11.8 Å². The van der Waals surface area contributed by atoms with E-state index in [-0.39, 0.29) is 30.9 Å². The lowest BCUT2D eigenvalue weighted by atomic mass is 9.96. The van der Waals surface area contributed by atoms with Crippen molar-refractivity contribution in [3.05, 3.63) is 60.4 Å². The van der Waals surface area contributed by atoms with Gasteiger partial charge in [0, 0.05) is 17.1 Å². The Kier molecular flexibility index (Phi) is 6.25. The summed E-state index contributed by atoms with van der Waals surface area (Å²) in [6.45, 7) is 10.0. The second-order valence-electron chi connectivity index (χ2n) is 8.73. The number of hydrogen-bond donors (Lipinski definition) is 1. The molecule has 2 aromatic carbocycles. The van der Waals surface area contributed by atoms with Gasteiger partial charge >= 0.3 is 0 Å². The van der Waals surface area contributed by atoms with Gasteiger partial charge in [-0.25, -0.2) is 4.98 Å². The highest BCUT2D eigenvalue weighted by Gasteiger charge is 2.24. The van der Waals surface area contributed by atoms with Crippen molar-refractivity contribution in [3.8, 4) is 0 Å². The van der Waals surface area contributed by atoms with Crippen LogP contribution in [-0.4, -0.2) is 27.4 Å². The molecule has 0 radical (unpaired) electrons. The fourth-order valence-corrected chi connectivity index (χ4v) is 3.39. The standard InChI is InChI=1S/C24H30N4O2/c1-17(2)28(18-11-7-6-8-12-18)22(29)16-27-20-14-10-9-13-19(20)26-21(27)15-25-23(30)24(3,4)5/h6-14,17H,15-16H2,1-5H3,(H,25,30). The number of nitrogens with zero attached hydrogens (tertiary/aromatic N) is 3. The summed E-state index contributed by atoms with van der Waals surface area (Å²) < 4.78 is 1.90. The lowest BCUT2D eigenvalue weighted by Gasteiger charge is -2.27. The third-order valence-electron chi connectivity index (χ3n) is 4.93. The van der Waals surface area contributed by atoms with Gasteiger partial charge in [-0.05, 0) is 38.1 Å². The normalized spacial score (nSPS) is 11.7. The Labute approximate surface area is 177 Å². The van der Waals surface area contributed by atoms with Crippen molar-refractivity contribution >= 4 is 28.5 Å². The maximum Gasteiger partial charge on any atom is 0.247 e. The van der Waals surface area contributed by atoms with Crippen LogP contribution in [-0.2, 0) is 22.7 Å². The molecule has 3 rings (SSSR count). The molecule has 0 aliphatic carbocycles. The van der Waals surface area contributed by atoms with Crippen LogP contribution in [0.5, 0.6) is 0 Å². The number of carbonyl (C=O) groups is 2. The van der Waals surface area contributed by atoms with Gasteiger partial charge in [0.1, 0.15) is 12.4 Å². The molecule has 1 N–H and O–H groups in total. The zero-order chi connectivity index (χ0) is 21.9. The summed E-state index contributed by atoms with van der Waals surface area (Å²) in [6, 6.07) is 17.4. The van der Waals surface area contributed by atoms with E-state index in [2.05, 4.69) is 10.3 Å². The second-order valence-corrected chi connectivity index (χ2v) is 8.73. The van der Waals surface area contributed by atoms with E-state index in [1.54, 1.807) is 4.90 Å². The largest absolute Gasteiger partial charge is 0.348 e. The van der Waals surface area contributed by atoms with E-state index >= 15 is 0 Å². The molecular formula is C24H30N4O2. The predicted octanol–water partition coefficient (Wildman–Crippen LogP) is 4.14. The zero-order valence-electron chi connectivity index (χ0n) is 18.3. The smallest absolute Gasteiger partial charge is 0.247 e. The number of amides is 2. The van der Waals surface area contributed by atoms with Gasteiger partial charge in [0.05, 0.1) is 17.6 Å². The first-order valence-electron chi connectivity index (χ1n) is 10.3. The van der Waals surface area contributed by atoms with Crippen LogP contribution in [0.15, 0.2) is 54.6 Å². The average Bonchev–Trinajstić information content (AvgIpc) is 3.03. The third kappa shape index (κ3) is 4.70. The molecule has 0 aliphatic rings. The Morgan fingerprint density at radius 3 is 2.30 bits per heavy atom. The number of para-hydroxylation sites is 3. The van der Waals surface area contributed by atoms with E-state index < -0.39 is 5.41 Å². The first kappa shape index (κ1) is 21.6. The van der Waals surface area contributed by atoms with Crippen LogP contribution in [0, 0.1) is 5.41 Å². The highest BCUT2D eigenvalue weighted by Crippen LogP contribution is 2.21. The molecule has 3 aromatic rings. The molecule has 0 fully saturated rings. The summed E-state index contributed by atoms with van der Waals surface area (Å²) in [4.78, 5) is 32.2. The first-order valence-corrected chi connectivity index (χ1v) is 10.3. The summed E-state index contributed by atoms with van der Waals surface area (Å²) in [5.74, 6) is 0.585. The van der Waals surface area contributed by atoms with Crippen molar-refractivity contribution in [3.63, 3.8) is 0 Å². The fraction of sp³-hybridized carbons (Fsp3) is 0.375. The van der Waals surface area contributed by atoms with Crippen LogP contribution in [0.25, 0.3) is 11.0 Å². The first-order chi connectivity index (χ1) is 14.2. The Morgan fingerprint density at radius 1 is 1.03 bits per heavy atom. The number of benzene rings is 2. The molecule has 30 heavy (non-hydrogen) atoms. The van der Waals surface area contributed by atoms with Crippen molar-refractivity contribution in [2.24, 2.45) is 5.41 Å². The van der Waals surface area contributed by atoms with Crippen LogP contribution < -0.4 is 10.2 Å². The van der Waals surface area contributed by atoms with Crippen molar-refractivity contribution in [2.75, 3.05) is 4.90 Å². The summed E-state index contributed by atoms with van der Waals surface area (Å²) >= 11 is 0. The lowest BCUT2D eigenvalue weighted by molar-refractivity contribution is -0.128. The highest BCUT2D eigenvalue weighted by molar-refractivity contribution is 5.94. The highest BCUT2D eigenvalue weighted by atomic mass is 16.2. The molecule has 6 nitrogen and oxygen atoms in total. The molecule has 6 heteroatoms. The van der Waals surface area contributed by atoms with Gasteiger partial charge in [-0.1, -0.05) is 51.1 Å². The maximum atomic E-state index is 13.3. The lowest BCUT2D eigenvalue weighted by Crippen LogP contribution is -2.40. The summed E-state index contributed by atoms with van der Waals surface area (Å²) in [5.41, 5.74) is 2.06. The van der Waals surface area contributed by atoms with Crippen molar-refractivity contribution in [2.45, 2.75) is 53.8 Å². The molecule has 0 spiro atoms. The van der Waals surface area contributed by atoms with Gasteiger partial charge in [0.25, 0.3) is 0 Å². The number of aromatic nitrogens is 2. The third-order valence-corrected chi connectivity index (χ3v) is 4.93. The SMILES string of the molecule is CC(C)N(C(=O)Cn1c(CNC(=O)C(C)(C)C)nc2ccccc21)c1ccccc1. The number of anilines is 1. The fourth-order valence-electron chi connectivity index (χ4n) is 3.39. The monoisotopic (exact) mass is 406 g/mol. The molecular weight excluding hydrogens is 376 g/mol. The van der Waals surface area contributed by atoms with Crippen LogP contribution in [0.2, 0.25) is 0 Å². The van der Waals surface area contributed by atoms with E-state index in [1.807, 2.05) is 93.8 Å². The Balaban J connectivity index is 1.92. The van der Waals surface area contributed by atoms with E-state index in [1.165, 1.54) is 0 Å². The van der Waals surface area contributed by atoms with E-state index in [0.717, 1.165) is 16.7 Å². The minimum absolute atomic E-state index is 0.0127. The van der Waals surface area contributed by atoms with Crippen molar-refractivity contribution < 1.29 is 9.59 Å². The molecule has 0 atom stereocenters. The van der Waals surface area contributed by atoms with Gasteiger partial charge in [0.15, 0.2) is 0 Å². The number of nitrogens with one attached hydrogen (secondary N) is 1. The van der Waals surface area contributed by atoms with E-state index in [0.29, 0.717) is 5.82 Å². The molecule has 2 amide bonds. The minimum Gasteiger partial charge on any atom is -0.348 e. The molecule has 1 heterocycles. The number of rotatable bonds is 6. The number of imidazole rings is 1. The summed E-state index contributed by atoms with van der Waals surface area (Å²) in [7, 11) is 0. The molecule has 0 saturated heterocycles.